The maximum Gasteiger partial charge on any atom is 0.128 e. The zero-order valence-corrected chi connectivity index (χ0v) is 12.5. The second-order valence-electron chi connectivity index (χ2n) is 5.25. The van der Waals surface area contributed by atoms with Crippen LogP contribution in [0.5, 0.6) is 5.75 Å². The number of para-hydroxylation sites is 1. The lowest BCUT2D eigenvalue weighted by Gasteiger charge is -2.11. The average Bonchev–Trinajstić information content (AvgIpc) is 2.83. The van der Waals surface area contributed by atoms with Crippen LogP contribution in [-0.2, 0) is 13.2 Å². The summed E-state index contributed by atoms with van der Waals surface area (Å²) in [6, 6.07) is 16.3. The van der Waals surface area contributed by atoms with Crippen LogP contribution in [0.4, 0.5) is 5.69 Å². The summed E-state index contributed by atoms with van der Waals surface area (Å²) in [7, 11) is 0. The van der Waals surface area contributed by atoms with E-state index in [1.165, 1.54) is 16.6 Å². The number of hydrogen-bond acceptors (Lipinski definition) is 2. The Balaban J connectivity index is 1.92. The van der Waals surface area contributed by atoms with E-state index in [0.29, 0.717) is 6.61 Å². The molecule has 2 aromatic carbocycles. The summed E-state index contributed by atoms with van der Waals surface area (Å²) < 4.78 is 8.23. The predicted octanol–water partition coefficient (Wildman–Crippen LogP) is 4.13. The molecule has 1 heterocycles. The van der Waals surface area contributed by atoms with Crippen molar-refractivity contribution >= 4 is 16.6 Å². The fourth-order valence-electron chi connectivity index (χ4n) is 2.69. The van der Waals surface area contributed by atoms with Gasteiger partial charge in [-0.2, -0.15) is 0 Å². The van der Waals surface area contributed by atoms with Gasteiger partial charge in [-0.15, -0.1) is 0 Å². The maximum absolute atomic E-state index is 5.97. The van der Waals surface area contributed by atoms with Crippen molar-refractivity contribution in [2.75, 3.05) is 5.73 Å². The van der Waals surface area contributed by atoms with Crippen molar-refractivity contribution in [2.45, 2.75) is 27.0 Å². The highest BCUT2D eigenvalue weighted by atomic mass is 16.5. The molecule has 0 atom stereocenters. The molecule has 0 bridgehead atoms. The molecule has 0 aliphatic heterocycles. The Hall–Kier alpha value is -2.42. The van der Waals surface area contributed by atoms with E-state index in [0.717, 1.165) is 23.5 Å². The number of aryl methyl sites for hydroxylation is 2. The largest absolute Gasteiger partial charge is 0.487 e. The van der Waals surface area contributed by atoms with E-state index in [9.17, 15) is 0 Å². The summed E-state index contributed by atoms with van der Waals surface area (Å²) in [5.74, 6) is 0.935. The molecule has 3 nitrogen and oxygen atoms in total. The van der Waals surface area contributed by atoms with Crippen molar-refractivity contribution in [3.8, 4) is 5.75 Å². The minimum absolute atomic E-state index is 0.563. The Bertz CT molecular complexity index is 774. The first-order chi connectivity index (χ1) is 10.2. The molecule has 21 heavy (non-hydrogen) atoms. The molecule has 108 valence electrons. The first-order valence-electron chi connectivity index (χ1n) is 7.25. The number of hydrogen-bond donors (Lipinski definition) is 1. The summed E-state index contributed by atoms with van der Waals surface area (Å²) in [6.45, 7) is 5.66. The molecule has 0 aliphatic rings. The molecular weight excluding hydrogens is 260 g/mol. The monoisotopic (exact) mass is 280 g/mol. The van der Waals surface area contributed by atoms with Crippen molar-refractivity contribution in [3.05, 3.63) is 59.8 Å². The van der Waals surface area contributed by atoms with E-state index in [-0.39, 0.29) is 0 Å². The minimum atomic E-state index is 0.563. The summed E-state index contributed by atoms with van der Waals surface area (Å²) in [5.41, 5.74) is 10.2. The molecule has 0 unspecified atom stereocenters. The van der Waals surface area contributed by atoms with Crippen molar-refractivity contribution in [1.82, 2.24) is 4.57 Å². The summed E-state index contributed by atoms with van der Waals surface area (Å²) in [5, 5.41) is 1.20. The van der Waals surface area contributed by atoms with Gasteiger partial charge in [0.1, 0.15) is 12.4 Å². The smallest absolute Gasteiger partial charge is 0.128 e. The maximum atomic E-state index is 5.97. The van der Waals surface area contributed by atoms with Crippen LogP contribution in [0.15, 0.2) is 48.5 Å². The molecule has 0 spiro atoms. The molecule has 2 N–H and O–H groups in total. The third-order valence-electron chi connectivity index (χ3n) is 3.80. The third kappa shape index (κ3) is 2.59. The van der Waals surface area contributed by atoms with E-state index in [1.54, 1.807) is 0 Å². The molecule has 0 saturated carbocycles. The lowest BCUT2D eigenvalue weighted by Crippen LogP contribution is -2.05. The number of nitrogens with zero attached hydrogens (tertiary/aromatic N) is 1. The van der Waals surface area contributed by atoms with E-state index in [2.05, 4.69) is 36.6 Å². The second-order valence-corrected chi connectivity index (χ2v) is 5.25. The lowest BCUT2D eigenvalue weighted by molar-refractivity contribution is 0.294. The highest BCUT2D eigenvalue weighted by molar-refractivity contribution is 5.84. The van der Waals surface area contributed by atoms with Crippen LogP contribution in [0.1, 0.15) is 18.2 Å². The fourth-order valence-corrected chi connectivity index (χ4v) is 2.69. The van der Waals surface area contributed by atoms with Gasteiger partial charge in [0.2, 0.25) is 0 Å². The topological polar surface area (TPSA) is 40.2 Å². The summed E-state index contributed by atoms with van der Waals surface area (Å²) >= 11 is 0. The molecule has 0 aliphatic carbocycles. The summed E-state index contributed by atoms with van der Waals surface area (Å²) in [4.78, 5) is 0. The number of anilines is 1. The van der Waals surface area contributed by atoms with Gasteiger partial charge >= 0.3 is 0 Å². The first-order valence-corrected chi connectivity index (χ1v) is 7.25. The highest BCUT2D eigenvalue weighted by Crippen LogP contribution is 2.24. The van der Waals surface area contributed by atoms with Gasteiger partial charge in [-0.05, 0) is 43.7 Å². The molecule has 0 saturated heterocycles. The van der Waals surface area contributed by atoms with E-state index in [4.69, 9.17) is 10.5 Å². The standard InChI is InChI=1S/C18H20N2O/c1-3-20-16(10-14-8-9-15(19)11-17(14)20)12-21-18-7-5-4-6-13(18)2/h4-11H,3,12,19H2,1-2H3. The molecule has 3 heteroatoms. The second kappa shape index (κ2) is 5.52. The molecular formula is C18H20N2O. The van der Waals surface area contributed by atoms with Crippen LogP contribution in [0.3, 0.4) is 0 Å². The molecule has 3 aromatic rings. The summed E-state index contributed by atoms with van der Waals surface area (Å²) in [6.07, 6.45) is 0. The van der Waals surface area contributed by atoms with Crippen LogP contribution in [0.2, 0.25) is 0 Å². The number of ether oxygens (including phenoxy) is 1. The van der Waals surface area contributed by atoms with Crippen molar-refractivity contribution in [2.24, 2.45) is 0 Å². The van der Waals surface area contributed by atoms with E-state index in [1.807, 2.05) is 30.3 Å². The number of fused-ring (bicyclic) bond motifs is 1. The molecule has 0 fully saturated rings. The van der Waals surface area contributed by atoms with Crippen molar-refractivity contribution in [3.63, 3.8) is 0 Å². The fraction of sp³-hybridized carbons (Fsp3) is 0.222. The molecule has 0 radical (unpaired) electrons. The quantitative estimate of drug-likeness (QED) is 0.730. The Labute approximate surface area is 125 Å². The van der Waals surface area contributed by atoms with Crippen LogP contribution in [-0.4, -0.2) is 4.57 Å². The van der Waals surface area contributed by atoms with E-state index < -0.39 is 0 Å². The van der Waals surface area contributed by atoms with Crippen molar-refractivity contribution < 1.29 is 4.74 Å². The predicted molar refractivity (Wildman–Crippen MR) is 87.5 cm³/mol. The Morgan fingerprint density at radius 2 is 1.90 bits per heavy atom. The minimum Gasteiger partial charge on any atom is -0.487 e. The van der Waals surface area contributed by atoms with Gasteiger partial charge in [0, 0.05) is 17.6 Å². The van der Waals surface area contributed by atoms with Gasteiger partial charge in [-0.25, -0.2) is 0 Å². The van der Waals surface area contributed by atoms with Crippen LogP contribution in [0, 0.1) is 6.92 Å². The SMILES string of the molecule is CCn1c(COc2ccccc2C)cc2ccc(N)cc21. The van der Waals surface area contributed by atoms with Crippen molar-refractivity contribution in [1.29, 1.82) is 0 Å². The van der Waals surface area contributed by atoms with Gasteiger partial charge in [0.25, 0.3) is 0 Å². The number of rotatable bonds is 4. The zero-order valence-electron chi connectivity index (χ0n) is 12.5. The molecule has 0 amide bonds. The Morgan fingerprint density at radius 1 is 1.10 bits per heavy atom. The number of nitrogens with two attached hydrogens (primary N) is 1. The molecule has 3 rings (SSSR count). The van der Waals surface area contributed by atoms with Crippen LogP contribution in [0.25, 0.3) is 10.9 Å². The third-order valence-corrected chi connectivity index (χ3v) is 3.80. The Kier molecular flexibility index (Phi) is 3.57. The van der Waals surface area contributed by atoms with Crippen LogP contribution < -0.4 is 10.5 Å². The molecule has 1 aromatic heterocycles. The van der Waals surface area contributed by atoms with Crippen LogP contribution >= 0.6 is 0 Å². The van der Waals surface area contributed by atoms with Gasteiger partial charge in [0.15, 0.2) is 0 Å². The highest BCUT2D eigenvalue weighted by Gasteiger charge is 2.09. The van der Waals surface area contributed by atoms with Gasteiger partial charge in [0.05, 0.1) is 11.2 Å². The zero-order chi connectivity index (χ0) is 14.8. The number of aromatic nitrogens is 1. The number of benzene rings is 2. The average molecular weight is 280 g/mol. The van der Waals surface area contributed by atoms with Gasteiger partial charge in [-0.3, -0.25) is 0 Å². The Morgan fingerprint density at radius 3 is 2.67 bits per heavy atom. The normalized spacial score (nSPS) is 11.0. The van der Waals surface area contributed by atoms with Gasteiger partial charge in [-0.1, -0.05) is 24.3 Å². The number of nitrogen functional groups attached to an aromatic ring is 1. The lowest BCUT2D eigenvalue weighted by atomic mass is 10.2. The van der Waals surface area contributed by atoms with E-state index >= 15 is 0 Å². The first kappa shape index (κ1) is 13.6. The van der Waals surface area contributed by atoms with Gasteiger partial charge < -0.3 is 15.0 Å².